The van der Waals surface area contributed by atoms with E-state index >= 15 is 0 Å². The lowest BCUT2D eigenvalue weighted by Gasteiger charge is -2.29. The molecule has 1 rings (SSSR count). The van der Waals surface area contributed by atoms with Crippen LogP contribution in [0.15, 0.2) is 4.52 Å². The first-order chi connectivity index (χ1) is 9.50. The molecule has 0 spiro atoms. The normalized spacial score (nSPS) is 12.3. The zero-order chi connectivity index (χ0) is 16.3. The first kappa shape index (κ1) is 17.5. The smallest absolute Gasteiger partial charge is 0.408 e. The molecule has 0 atom stereocenters. The molecule has 0 saturated carbocycles. The van der Waals surface area contributed by atoms with Gasteiger partial charge in [0.15, 0.2) is 0 Å². The lowest BCUT2D eigenvalue weighted by atomic mass is 10.1. The van der Waals surface area contributed by atoms with Crippen LogP contribution in [-0.4, -0.2) is 28.9 Å². The number of alkyl carbamates (subject to hydrolysis) is 1. The van der Waals surface area contributed by atoms with Crippen molar-refractivity contribution in [2.45, 2.75) is 66.2 Å². The van der Waals surface area contributed by atoms with Crippen molar-refractivity contribution in [1.29, 1.82) is 0 Å². The minimum atomic E-state index is -0.496. The lowest BCUT2D eigenvalue weighted by molar-refractivity contribution is 0.0472. The van der Waals surface area contributed by atoms with Gasteiger partial charge in [-0.25, -0.2) is 4.79 Å². The SMILES string of the molecule is Cc1noc(C)c1CNCC(C)(C)NC(=O)OC(C)(C)C. The summed E-state index contributed by atoms with van der Waals surface area (Å²) >= 11 is 0. The Kier molecular flexibility index (Phi) is 5.39. The van der Waals surface area contributed by atoms with E-state index < -0.39 is 17.2 Å². The quantitative estimate of drug-likeness (QED) is 0.874. The van der Waals surface area contributed by atoms with Gasteiger partial charge in [-0.05, 0) is 48.5 Å². The maximum absolute atomic E-state index is 11.8. The number of hydrogen-bond donors (Lipinski definition) is 2. The second-order valence-electron chi connectivity index (χ2n) is 6.92. The van der Waals surface area contributed by atoms with Gasteiger partial charge in [0.1, 0.15) is 11.4 Å². The van der Waals surface area contributed by atoms with Crippen LogP contribution in [0.3, 0.4) is 0 Å². The van der Waals surface area contributed by atoms with E-state index in [4.69, 9.17) is 9.26 Å². The highest BCUT2D eigenvalue weighted by molar-refractivity contribution is 5.68. The molecule has 0 aromatic carbocycles. The lowest BCUT2D eigenvalue weighted by Crippen LogP contribution is -2.51. The highest BCUT2D eigenvalue weighted by atomic mass is 16.6. The van der Waals surface area contributed by atoms with E-state index in [1.165, 1.54) is 0 Å². The third kappa shape index (κ3) is 6.16. The molecule has 1 heterocycles. The van der Waals surface area contributed by atoms with Gasteiger partial charge in [-0.3, -0.25) is 0 Å². The summed E-state index contributed by atoms with van der Waals surface area (Å²) in [6, 6.07) is 0. The zero-order valence-corrected chi connectivity index (χ0v) is 14.1. The second-order valence-corrected chi connectivity index (χ2v) is 6.92. The fraction of sp³-hybridized carbons (Fsp3) is 0.733. The highest BCUT2D eigenvalue weighted by Gasteiger charge is 2.24. The van der Waals surface area contributed by atoms with Crippen LogP contribution < -0.4 is 10.6 Å². The van der Waals surface area contributed by atoms with Gasteiger partial charge in [-0.15, -0.1) is 0 Å². The topological polar surface area (TPSA) is 76.4 Å². The zero-order valence-electron chi connectivity index (χ0n) is 14.1. The van der Waals surface area contributed by atoms with Crippen molar-refractivity contribution in [2.24, 2.45) is 0 Å². The third-order valence-corrected chi connectivity index (χ3v) is 2.89. The van der Waals surface area contributed by atoms with Crippen molar-refractivity contribution >= 4 is 6.09 Å². The molecular formula is C15H27N3O3. The molecule has 6 nitrogen and oxygen atoms in total. The Morgan fingerprint density at radius 3 is 2.33 bits per heavy atom. The third-order valence-electron chi connectivity index (χ3n) is 2.89. The van der Waals surface area contributed by atoms with Crippen molar-refractivity contribution in [3.05, 3.63) is 17.0 Å². The number of nitrogens with zero attached hydrogens (tertiary/aromatic N) is 1. The molecule has 2 N–H and O–H groups in total. The van der Waals surface area contributed by atoms with E-state index in [1.807, 2.05) is 48.5 Å². The highest BCUT2D eigenvalue weighted by Crippen LogP contribution is 2.12. The molecule has 0 bridgehead atoms. The van der Waals surface area contributed by atoms with E-state index in [2.05, 4.69) is 15.8 Å². The number of carbonyl (C=O) groups excluding carboxylic acids is 1. The average Bonchev–Trinajstić information content (AvgIpc) is 2.56. The van der Waals surface area contributed by atoms with Gasteiger partial charge in [0.2, 0.25) is 0 Å². The number of aromatic nitrogens is 1. The van der Waals surface area contributed by atoms with Gasteiger partial charge >= 0.3 is 6.09 Å². The average molecular weight is 297 g/mol. The Labute approximate surface area is 126 Å². The molecule has 0 aliphatic heterocycles. The number of amides is 1. The summed E-state index contributed by atoms with van der Waals surface area (Å²) in [4.78, 5) is 11.8. The summed E-state index contributed by atoms with van der Waals surface area (Å²) in [6.07, 6.45) is -0.411. The second kappa shape index (κ2) is 6.47. The van der Waals surface area contributed by atoms with Crippen molar-refractivity contribution < 1.29 is 14.1 Å². The van der Waals surface area contributed by atoms with Crippen molar-refractivity contribution in [3.8, 4) is 0 Å². The number of nitrogens with one attached hydrogen (secondary N) is 2. The minimum Gasteiger partial charge on any atom is -0.444 e. The van der Waals surface area contributed by atoms with Gasteiger partial charge in [-0.2, -0.15) is 0 Å². The van der Waals surface area contributed by atoms with E-state index in [-0.39, 0.29) is 0 Å². The Morgan fingerprint density at radius 2 is 1.86 bits per heavy atom. The van der Waals surface area contributed by atoms with Crippen molar-refractivity contribution in [2.75, 3.05) is 6.54 Å². The summed E-state index contributed by atoms with van der Waals surface area (Å²) in [5, 5.41) is 10.1. The van der Waals surface area contributed by atoms with E-state index in [0.29, 0.717) is 13.1 Å². The number of hydrogen-bond acceptors (Lipinski definition) is 5. The minimum absolute atomic E-state index is 0.411. The first-order valence-electron chi connectivity index (χ1n) is 7.14. The van der Waals surface area contributed by atoms with Crippen LogP contribution in [0.1, 0.15) is 51.6 Å². The number of ether oxygens (including phenoxy) is 1. The Hall–Kier alpha value is -1.56. The predicted octanol–water partition coefficient (Wildman–Crippen LogP) is 2.68. The van der Waals surface area contributed by atoms with Crippen molar-refractivity contribution in [1.82, 2.24) is 15.8 Å². The predicted molar refractivity (Wildman–Crippen MR) is 81.1 cm³/mol. The van der Waals surface area contributed by atoms with Gasteiger partial charge in [0.05, 0.1) is 11.2 Å². The van der Waals surface area contributed by atoms with Gasteiger partial charge < -0.3 is 19.9 Å². The molecule has 0 aliphatic rings. The maximum Gasteiger partial charge on any atom is 0.408 e. The van der Waals surface area contributed by atoms with Gasteiger partial charge in [0.25, 0.3) is 0 Å². The molecule has 1 amide bonds. The summed E-state index contributed by atoms with van der Waals surface area (Å²) in [5.74, 6) is 0.818. The molecule has 1 aromatic rings. The Morgan fingerprint density at radius 1 is 1.24 bits per heavy atom. The van der Waals surface area contributed by atoms with Gasteiger partial charge in [-0.1, -0.05) is 5.16 Å². The Bertz CT molecular complexity index is 467. The maximum atomic E-state index is 11.8. The fourth-order valence-electron chi connectivity index (χ4n) is 1.88. The Balaban J connectivity index is 2.44. The fourth-order valence-corrected chi connectivity index (χ4v) is 1.88. The van der Waals surface area contributed by atoms with Crippen LogP contribution >= 0.6 is 0 Å². The molecule has 0 saturated heterocycles. The monoisotopic (exact) mass is 297 g/mol. The molecule has 0 unspecified atom stereocenters. The molecular weight excluding hydrogens is 270 g/mol. The molecule has 0 radical (unpaired) electrons. The van der Waals surface area contributed by atoms with E-state index in [0.717, 1.165) is 17.0 Å². The molecule has 1 aromatic heterocycles. The summed E-state index contributed by atoms with van der Waals surface area (Å²) in [7, 11) is 0. The van der Waals surface area contributed by atoms with Crippen LogP contribution in [0.5, 0.6) is 0 Å². The van der Waals surface area contributed by atoms with Crippen LogP contribution in [0.4, 0.5) is 4.79 Å². The molecule has 120 valence electrons. The molecule has 0 fully saturated rings. The van der Waals surface area contributed by atoms with E-state index in [1.54, 1.807) is 0 Å². The van der Waals surface area contributed by atoms with Crippen molar-refractivity contribution in [3.63, 3.8) is 0 Å². The number of aryl methyl sites for hydroxylation is 2. The van der Waals surface area contributed by atoms with Crippen LogP contribution in [0, 0.1) is 13.8 Å². The van der Waals surface area contributed by atoms with Crippen LogP contribution in [0.2, 0.25) is 0 Å². The largest absolute Gasteiger partial charge is 0.444 e. The molecule has 0 aliphatic carbocycles. The summed E-state index contributed by atoms with van der Waals surface area (Å²) in [6.45, 7) is 14.5. The number of rotatable bonds is 5. The van der Waals surface area contributed by atoms with Crippen LogP contribution in [-0.2, 0) is 11.3 Å². The van der Waals surface area contributed by atoms with E-state index in [9.17, 15) is 4.79 Å². The first-order valence-corrected chi connectivity index (χ1v) is 7.14. The molecule has 21 heavy (non-hydrogen) atoms. The van der Waals surface area contributed by atoms with Crippen LogP contribution in [0.25, 0.3) is 0 Å². The standard InChI is InChI=1S/C15H27N3O3/c1-10-12(11(2)21-18-10)8-16-9-15(6,7)17-13(19)20-14(3,4)5/h16H,8-9H2,1-7H3,(H,17,19). The van der Waals surface area contributed by atoms with Gasteiger partial charge in [0, 0.05) is 18.7 Å². The summed E-state index contributed by atoms with van der Waals surface area (Å²) in [5.41, 5.74) is 1.03. The molecule has 6 heteroatoms. The number of carbonyl (C=O) groups is 1. The summed E-state index contributed by atoms with van der Waals surface area (Å²) < 4.78 is 10.4.